The normalized spacial score (nSPS) is 22.2. The summed E-state index contributed by atoms with van der Waals surface area (Å²) < 4.78 is 0. The number of allylic oxidation sites excluding steroid dienone is 1. The van der Waals surface area contributed by atoms with E-state index in [1.807, 2.05) is 20.8 Å². The van der Waals surface area contributed by atoms with Gasteiger partial charge in [0.1, 0.15) is 0 Å². The Morgan fingerprint density at radius 2 is 1.62 bits per heavy atom. The van der Waals surface area contributed by atoms with Crippen LogP contribution in [-0.2, 0) is 9.59 Å². The Morgan fingerprint density at radius 3 is 2.12 bits per heavy atom. The van der Waals surface area contributed by atoms with Crippen molar-refractivity contribution in [2.24, 2.45) is 22.7 Å². The molecule has 0 saturated carbocycles. The van der Waals surface area contributed by atoms with E-state index in [0.29, 0.717) is 18.4 Å². The van der Waals surface area contributed by atoms with Crippen molar-refractivity contribution in [3.8, 4) is 0 Å². The molecule has 0 bridgehead atoms. The number of amides is 2. The first-order valence-electron chi connectivity index (χ1n) is 10.2. The summed E-state index contributed by atoms with van der Waals surface area (Å²) >= 11 is 0. The van der Waals surface area contributed by atoms with E-state index in [1.165, 1.54) is 10.6 Å². The summed E-state index contributed by atoms with van der Waals surface area (Å²) in [7, 11) is 0. The van der Waals surface area contributed by atoms with Crippen molar-refractivity contribution in [3.05, 3.63) is 12.3 Å². The van der Waals surface area contributed by atoms with Crippen LogP contribution in [-0.4, -0.2) is 41.2 Å². The van der Waals surface area contributed by atoms with Gasteiger partial charge in [0.25, 0.3) is 0 Å². The van der Waals surface area contributed by atoms with Crippen LogP contribution in [0.1, 0.15) is 73.6 Å². The number of carbonyl (C=O) groups is 2. The topological polar surface area (TPSA) is 40.6 Å². The Balaban J connectivity index is 1.63. The number of nitrogens with zero attached hydrogens (tertiary/aromatic N) is 2. The van der Waals surface area contributed by atoms with Crippen LogP contribution in [0.15, 0.2) is 12.3 Å². The molecule has 2 amide bonds. The lowest BCUT2D eigenvalue weighted by atomic mass is 9.76. The van der Waals surface area contributed by atoms with E-state index in [9.17, 15) is 9.59 Å². The van der Waals surface area contributed by atoms with Gasteiger partial charge in [-0.15, -0.1) is 0 Å². The SMILES string of the molecule is C=C(CCCCCN1C(=O)CC(C(C)(C)C)C1=O)N1CC(C(C)(C)C)C1. The zero-order chi connectivity index (χ0) is 19.7. The maximum atomic E-state index is 12.5. The third-order valence-electron chi connectivity index (χ3n) is 6.19. The fraction of sp³-hybridized carbons (Fsp3) is 0.818. The molecule has 2 heterocycles. The lowest BCUT2D eigenvalue weighted by Crippen LogP contribution is -2.51. The van der Waals surface area contributed by atoms with Gasteiger partial charge in [-0.1, -0.05) is 54.5 Å². The van der Waals surface area contributed by atoms with Gasteiger partial charge in [0.2, 0.25) is 11.8 Å². The van der Waals surface area contributed by atoms with Gasteiger partial charge in [0.05, 0.1) is 5.92 Å². The first kappa shape index (κ1) is 21.0. The van der Waals surface area contributed by atoms with Crippen molar-refractivity contribution in [3.63, 3.8) is 0 Å². The highest BCUT2D eigenvalue weighted by molar-refractivity contribution is 6.03. The van der Waals surface area contributed by atoms with Crippen LogP contribution in [0.25, 0.3) is 0 Å². The molecule has 0 aromatic rings. The maximum Gasteiger partial charge on any atom is 0.233 e. The molecule has 1 unspecified atom stereocenters. The van der Waals surface area contributed by atoms with Crippen LogP contribution in [0, 0.1) is 22.7 Å². The van der Waals surface area contributed by atoms with Crippen molar-refractivity contribution in [1.82, 2.24) is 9.80 Å². The van der Waals surface area contributed by atoms with Gasteiger partial charge in [0, 0.05) is 31.8 Å². The smallest absolute Gasteiger partial charge is 0.233 e. The fourth-order valence-electron chi connectivity index (χ4n) is 3.81. The zero-order valence-electron chi connectivity index (χ0n) is 17.7. The Bertz CT molecular complexity index is 547. The van der Waals surface area contributed by atoms with Crippen LogP contribution < -0.4 is 0 Å². The second-order valence-corrected chi connectivity index (χ2v) is 10.4. The van der Waals surface area contributed by atoms with E-state index in [0.717, 1.165) is 44.7 Å². The first-order valence-corrected chi connectivity index (χ1v) is 10.2. The van der Waals surface area contributed by atoms with Crippen molar-refractivity contribution in [2.75, 3.05) is 19.6 Å². The minimum Gasteiger partial charge on any atom is -0.375 e. The van der Waals surface area contributed by atoms with Crippen molar-refractivity contribution in [2.45, 2.75) is 73.6 Å². The van der Waals surface area contributed by atoms with Gasteiger partial charge in [-0.05, 0) is 36.0 Å². The molecule has 26 heavy (non-hydrogen) atoms. The number of carbonyl (C=O) groups excluding carboxylic acids is 2. The molecule has 2 aliphatic rings. The van der Waals surface area contributed by atoms with E-state index >= 15 is 0 Å². The Kier molecular flexibility index (Phi) is 6.24. The molecule has 2 saturated heterocycles. The third-order valence-corrected chi connectivity index (χ3v) is 6.19. The lowest BCUT2D eigenvalue weighted by Gasteiger charge is -2.48. The number of rotatable bonds is 7. The molecule has 2 rings (SSSR count). The van der Waals surface area contributed by atoms with Crippen molar-refractivity contribution < 1.29 is 9.59 Å². The highest BCUT2D eigenvalue weighted by Gasteiger charge is 2.44. The summed E-state index contributed by atoms with van der Waals surface area (Å²) in [4.78, 5) is 28.5. The number of unbranched alkanes of at least 4 members (excludes halogenated alkanes) is 2. The highest BCUT2D eigenvalue weighted by Crippen LogP contribution is 2.37. The standard InChI is InChI=1S/C22H38N2O2/c1-16(23-14-17(15-23)21(2,3)4)11-9-8-10-12-24-19(25)13-18(20(24)26)22(5,6)7/h17-18H,1,8-15H2,2-7H3. The van der Waals surface area contributed by atoms with Crippen molar-refractivity contribution >= 4 is 11.8 Å². The van der Waals surface area contributed by atoms with E-state index in [2.05, 4.69) is 32.3 Å². The Labute approximate surface area is 160 Å². The van der Waals surface area contributed by atoms with Gasteiger partial charge in [-0.2, -0.15) is 0 Å². The largest absolute Gasteiger partial charge is 0.375 e. The van der Waals surface area contributed by atoms with Gasteiger partial charge < -0.3 is 4.90 Å². The summed E-state index contributed by atoms with van der Waals surface area (Å²) in [5, 5.41) is 0. The molecule has 1 atom stereocenters. The van der Waals surface area contributed by atoms with E-state index in [4.69, 9.17) is 0 Å². The maximum absolute atomic E-state index is 12.5. The number of imide groups is 1. The van der Waals surface area contributed by atoms with Crippen LogP contribution in [0.2, 0.25) is 0 Å². The molecule has 2 fully saturated rings. The molecule has 0 spiro atoms. The molecule has 0 radical (unpaired) electrons. The van der Waals surface area contributed by atoms with Gasteiger partial charge in [-0.3, -0.25) is 14.5 Å². The molecule has 0 N–H and O–H groups in total. The fourth-order valence-corrected chi connectivity index (χ4v) is 3.81. The first-order chi connectivity index (χ1) is 11.9. The molecule has 148 valence electrons. The highest BCUT2D eigenvalue weighted by atomic mass is 16.2. The zero-order valence-corrected chi connectivity index (χ0v) is 17.7. The Morgan fingerprint density at radius 1 is 1.00 bits per heavy atom. The quantitative estimate of drug-likeness (QED) is 0.496. The van der Waals surface area contributed by atoms with Crippen LogP contribution in [0.3, 0.4) is 0 Å². The van der Waals surface area contributed by atoms with Crippen LogP contribution >= 0.6 is 0 Å². The van der Waals surface area contributed by atoms with Crippen LogP contribution in [0.5, 0.6) is 0 Å². The molecule has 4 nitrogen and oxygen atoms in total. The predicted octanol–water partition coefficient (Wildman–Crippen LogP) is 4.46. The van der Waals surface area contributed by atoms with E-state index in [1.54, 1.807) is 0 Å². The van der Waals surface area contributed by atoms with E-state index in [-0.39, 0.29) is 23.1 Å². The monoisotopic (exact) mass is 362 g/mol. The minimum absolute atomic E-state index is 0.00753. The molecule has 2 aliphatic heterocycles. The third kappa shape index (κ3) is 4.89. The number of likely N-dealkylation sites (tertiary alicyclic amines) is 2. The summed E-state index contributed by atoms with van der Waals surface area (Å²) in [5.74, 6) is 0.646. The summed E-state index contributed by atoms with van der Waals surface area (Å²) in [5.41, 5.74) is 1.49. The Hall–Kier alpha value is -1.32. The average Bonchev–Trinajstić information content (AvgIpc) is 2.71. The minimum atomic E-state index is -0.156. The molecular weight excluding hydrogens is 324 g/mol. The average molecular weight is 363 g/mol. The predicted molar refractivity (Wildman–Crippen MR) is 106 cm³/mol. The van der Waals surface area contributed by atoms with Crippen LogP contribution in [0.4, 0.5) is 0 Å². The summed E-state index contributed by atoms with van der Waals surface area (Å²) in [6, 6.07) is 0. The van der Waals surface area contributed by atoms with E-state index < -0.39 is 0 Å². The second kappa shape index (κ2) is 7.74. The summed E-state index contributed by atoms with van der Waals surface area (Å²) in [6.45, 7) is 20.1. The second-order valence-electron chi connectivity index (χ2n) is 10.4. The molecule has 4 heteroatoms. The lowest BCUT2D eigenvalue weighted by molar-refractivity contribution is -0.140. The number of hydrogen-bond acceptors (Lipinski definition) is 3. The molecule has 0 aromatic heterocycles. The van der Waals surface area contributed by atoms with Gasteiger partial charge in [0.15, 0.2) is 0 Å². The number of hydrogen-bond donors (Lipinski definition) is 0. The molecule has 0 aromatic carbocycles. The summed E-state index contributed by atoms with van der Waals surface area (Å²) in [6.07, 6.45) is 4.40. The van der Waals surface area contributed by atoms with Gasteiger partial charge in [-0.25, -0.2) is 0 Å². The van der Waals surface area contributed by atoms with Gasteiger partial charge >= 0.3 is 0 Å². The van der Waals surface area contributed by atoms with Crippen molar-refractivity contribution in [1.29, 1.82) is 0 Å². The molecular formula is C22H38N2O2. The molecule has 0 aliphatic carbocycles.